The molecule has 4 aromatic rings. The zero-order valence-electron chi connectivity index (χ0n) is 13.2. The van der Waals surface area contributed by atoms with E-state index in [-0.39, 0.29) is 5.88 Å². The molecular weight excluding hydrogens is 324 g/mol. The SMILES string of the molecule is COc1ccc2[nH]cc(C(c3ccc([N+](=O)[O-])o3)n3ccnc3)c2c1. The number of nitro groups is 1. The average molecular weight is 338 g/mol. The molecular formula is C17H14N4O4. The summed E-state index contributed by atoms with van der Waals surface area (Å²) in [6.45, 7) is 0. The number of ether oxygens (including phenoxy) is 1. The molecule has 0 saturated heterocycles. The third-order valence-corrected chi connectivity index (χ3v) is 4.10. The molecule has 1 atom stereocenters. The second-order valence-corrected chi connectivity index (χ2v) is 5.50. The standard InChI is InChI=1S/C17H14N4O4/c1-24-11-2-3-14-12(8-11)13(9-19-14)17(20-7-6-18-10-20)15-4-5-16(25-15)21(22)23/h2-10,17,19H,1H3. The van der Waals surface area contributed by atoms with Crippen LogP contribution in [-0.2, 0) is 0 Å². The third kappa shape index (κ3) is 2.53. The van der Waals surface area contributed by atoms with E-state index >= 15 is 0 Å². The minimum Gasteiger partial charge on any atom is -0.497 e. The van der Waals surface area contributed by atoms with Gasteiger partial charge in [0.2, 0.25) is 0 Å². The number of methoxy groups -OCH3 is 1. The summed E-state index contributed by atoms with van der Waals surface area (Å²) in [5, 5.41) is 11.9. The van der Waals surface area contributed by atoms with E-state index in [2.05, 4.69) is 9.97 Å². The Kier molecular flexibility index (Phi) is 3.50. The molecule has 1 aromatic carbocycles. The van der Waals surface area contributed by atoms with Crippen molar-refractivity contribution in [3.8, 4) is 5.75 Å². The van der Waals surface area contributed by atoms with Gasteiger partial charge in [0.25, 0.3) is 0 Å². The predicted octanol–water partition coefficient (Wildman–Crippen LogP) is 3.51. The van der Waals surface area contributed by atoms with E-state index in [1.165, 1.54) is 6.07 Å². The number of nitrogens with one attached hydrogen (secondary N) is 1. The monoisotopic (exact) mass is 338 g/mol. The fourth-order valence-electron chi connectivity index (χ4n) is 2.94. The van der Waals surface area contributed by atoms with E-state index in [1.54, 1.807) is 31.9 Å². The largest absolute Gasteiger partial charge is 0.497 e. The Balaban J connectivity index is 1.90. The van der Waals surface area contributed by atoms with Crippen LogP contribution in [0.2, 0.25) is 0 Å². The quantitative estimate of drug-likeness (QED) is 0.443. The van der Waals surface area contributed by atoms with Crippen LogP contribution < -0.4 is 4.74 Å². The Morgan fingerprint density at radius 1 is 1.36 bits per heavy atom. The van der Waals surface area contributed by atoms with E-state index in [4.69, 9.17) is 9.15 Å². The Bertz CT molecular complexity index is 1030. The van der Waals surface area contributed by atoms with E-state index in [9.17, 15) is 10.1 Å². The molecule has 3 heterocycles. The highest BCUT2D eigenvalue weighted by atomic mass is 16.6. The lowest BCUT2D eigenvalue weighted by Crippen LogP contribution is -2.09. The predicted molar refractivity (Wildman–Crippen MR) is 89.7 cm³/mol. The van der Waals surface area contributed by atoms with Crippen molar-refractivity contribution in [3.05, 3.63) is 76.7 Å². The second-order valence-electron chi connectivity index (χ2n) is 5.50. The van der Waals surface area contributed by atoms with Crippen molar-refractivity contribution in [3.63, 3.8) is 0 Å². The number of imidazole rings is 1. The van der Waals surface area contributed by atoms with Gasteiger partial charge in [0.15, 0.2) is 0 Å². The van der Waals surface area contributed by atoms with Crippen LogP contribution in [0.5, 0.6) is 5.75 Å². The molecule has 0 saturated carbocycles. The van der Waals surface area contributed by atoms with Crippen LogP contribution in [0.15, 0.2) is 59.7 Å². The van der Waals surface area contributed by atoms with Gasteiger partial charge in [-0.25, -0.2) is 4.98 Å². The molecule has 0 radical (unpaired) electrons. The van der Waals surface area contributed by atoms with Crippen molar-refractivity contribution in [1.29, 1.82) is 0 Å². The first kappa shape index (κ1) is 15.0. The summed E-state index contributed by atoms with van der Waals surface area (Å²) >= 11 is 0. The van der Waals surface area contributed by atoms with Crippen molar-refractivity contribution < 1.29 is 14.1 Å². The van der Waals surface area contributed by atoms with Crippen LogP contribution in [0.25, 0.3) is 10.9 Å². The summed E-state index contributed by atoms with van der Waals surface area (Å²) in [7, 11) is 1.61. The highest BCUT2D eigenvalue weighted by molar-refractivity contribution is 5.85. The number of nitrogens with zero attached hydrogens (tertiary/aromatic N) is 3. The topological polar surface area (TPSA) is 99.1 Å². The first-order valence-electron chi connectivity index (χ1n) is 7.54. The van der Waals surface area contributed by atoms with E-state index in [0.29, 0.717) is 5.76 Å². The Morgan fingerprint density at radius 3 is 2.92 bits per heavy atom. The molecule has 8 nitrogen and oxygen atoms in total. The number of furan rings is 1. The van der Waals surface area contributed by atoms with Gasteiger partial charge in [-0.05, 0) is 24.3 Å². The molecule has 1 N–H and O–H groups in total. The number of rotatable bonds is 5. The maximum absolute atomic E-state index is 11.0. The smallest absolute Gasteiger partial charge is 0.433 e. The number of H-pyrrole nitrogens is 1. The maximum atomic E-state index is 11.0. The van der Waals surface area contributed by atoms with Crippen molar-refractivity contribution in [1.82, 2.24) is 14.5 Å². The van der Waals surface area contributed by atoms with Gasteiger partial charge in [0.05, 0.1) is 19.5 Å². The molecule has 8 heteroatoms. The Labute approximate surface area is 141 Å². The Hall–Kier alpha value is -3.55. The van der Waals surface area contributed by atoms with Crippen molar-refractivity contribution in [2.75, 3.05) is 7.11 Å². The first-order chi connectivity index (χ1) is 12.2. The Morgan fingerprint density at radius 2 is 2.24 bits per heavy atom. The van der Waals surface area contributed by atoms with Gasteiger partial charge < -0.3 is 18.7 Å². The fraction of sp³-hybridized carbons (Fsp3) is 0.118. The van der Waals surface area contributed by atoms with Gasteiger partial charge >= 0.3 is 5.88 Å². The van der Waals surface area contributed by atoms with Crippen molar-refractivity contribution in [2.45, 2.75) is 6.04 Å². The van der Waals surface area contributed by atoms with Crippen molar-refractivity contribution >= 4 is 16.8 Å². The number of aromatic nitrogens is 3. The molecule has 126 valence electrons. The van der Waals surface area contributed by atoms with Gasteiger partial charge in [-0.15, -0.1) is 0 Å². The highest BCUT2D eigenvalue weighted by Crippen LogP contribution is 2.35. The summed E-state index contributed by atoms with van der Waals surface area (Å²) in [6, 6.07) is 8.29. The summed E-state index contributed by atoms with van der Waals surface area (Å²) < 4.78 is 12.6. The number of hydrogen-bond donors (Lipinski definition) is 1. The zero-order valence-corrected chi connectivity index (χ0v) is 13.2. The summed E-state index contributed by atoms with van der Waals surface area (Å²) in [5.41, 5.74) is 1.83. The minimum atomic E-state index is -0.549. The highest BCUT2D eigenvalue weighted by Gasteiger charge is 2.25. The second kappa shape index (κ2) is 5.82. The van der Waals surface area contributed by atoms with Gasteiger partial charge in [0, 0.05) is 35.1 Å². The molecule has 0 fully saturated rings. The molecule has 0 aliphatic carbocycles. The molecule has 0 amide bonds. The van der Waals surface area contributed by atoms with Gasteiger partial charge in [0.1, 0.15) is 22.5 Å². The van der Waals surface area contributed by atoms with Gasteiger partial charge in [-0.1, -0.05) is 0 Å². The number of aromatic amines is 1. The number of hydrogen-bond acceptors (Lipinski definition) is 5. The lowest BCUT2D eigenvalue weighted by atomic mass is 10.0. The molecule has 4 rings (SSSR count). The van der Waals surface area contributed by atoms with Crippen LogP contribution in [0.1, 0.15) is 17.4 Å². The van der Waals surface area contributed by atoms with Crippen LogP contribution in [0, 0.1) is 10.1 Å². The van der Waals surface area contributed by atoms with Crippen LogP contribution >= 0.6 is 0 Å². The third-order valence-electron chi connectivity index (χ3n) is 4.10. The van der Waals surface area contributed by atoms with E-state index in [1.807, 2.05) is 29.0 Å². The van der Waals surface area contributed by atoms with Gasteiger partial charge in [-0.2, -0.15) is 0 Å². The minimum absolute atomic E-state index is 0.294. The number of benzene rings is 1. The molecule has 3 aromatic heterocycles. The molecule has 0 aliphatic rings. The fourth-order valence-corrected chi connectivity index (χ4v) is 2.94. The summed E-state index contributed by atoms with van der Waals surface area (Å²) in [4.78, 5) is 17.7. The van der Waals surface area contributed by atoms with Crippen LogP contribution in [0.4, 0.5) is 5.88 Å². The molecule has 0 bridgehead atoms. The summed E-state index contributed by atoms with van der Waals surface area (Å²) in [5.74, 6) is 0.883. The van der Waals surface area contributed by atoms with Crippen LogP contribution in [0.3, 0.4) is 0 Å². The van der Waals surface area contributed by atoms with Crippen LogP contribution in [-0.4, -0.2) is 26.6 Å². The molecule has 25 heavy (non-hydrogen) atoms. The lowest BCUT2D eigenvalue weighted by Gasteiger charge is -2.15. The normalized spacial score (nSPS) is 12.4. The van der Waals surface area contributed by atoms with Gasteiger partial charge in [-0.3, -0.25) is 10.1 Å². The molecule has 0 spiro atoms. The first-order valence-corrected chi connectivity index (χ1v) is 7.54. The molecule has 0 aliphatic heterocycles. The number of fused-ring (bicyclic) bond motifs is 1. The molecule has 1 unspecified atom stereocenters. The maximum Gasteiger partial charge on any atom is 0.433 e. The van der Waals surface area contributed by atoms with E-state index in [0.717, 1.165) is 22.2 Å². The summed E-state index contributed by atoms with van der Waals surface area (Å²) in [6.07, 6.45) is 6.96. The lowest BCUT2D eigenvalue weighted by molar-refractivity contribution is -0.402. The van der Waals surface area contributed by atoms with Crippen molar-refractivity contribution in [2.24, 2.45) is 0 Å². The average Bonchev–Trinajstić information content (AvgIpc) is 3.36. The van der Waals surface area contributed by atoms with E-state index < -0.39 is 11.0 Å². The zero-order chi connectivity index (χ0) is 17.4.